The Bertz CT molecular complexity index is 484. The minimum atomic E-state index is 0.606. The number of benzene rings is 1. The van der Waals surface area contributed by atoms with Crippen LogP contribution in [0.2, 0.25) is 0 Å². The molecule has 0 saturated heterocycles. The minimum Gasteiger partial charge on any atom is -0.486 e. The summed E-state index contributed by atoms with van der Waals surface area (Å²) in [6.07, 6.45) is 6.74. The van der Waals surface area contributed by atoms with Crippen molar-refractivity contribution in [2.24, 2.45) is 0 Å². The van der Waals surface area contributed by atoms with E-state index in [-0.39, 0.29) is 0 Å². The van der Waals surface area contributed by atoms with Gasteiger partial charge in [-0.25, -0.2) is 0 Å². The predicted molar refractivity (Wildman–Crippen MR) is 84.8 cm³/mol. The fourth-order valence-electron chi connectivity index (χ4n) is 3.45. The Kier molecular flexibility index (Phi) is 4.54. The van der Waals surface area contributed by atoms with Gasteiger partial charge < -0.3 is 15.2 Å². The molecule has 4 heteroatoms. The molecule has 1 heterocycles. The van der Waals surface area contributed by atoms with Gasteiger partial charge in [-0.05, 0) is 31.0 Å². The Morgan fingerprint density at radius 3 is 2.43 bits per heavy atom. The van der Waals surface area contributed by atoms with Crippen LogP contribution in [0.25, 0.3) is 0 Å². The Morgan fingerprint density at radius 2 is 1.76 bits per heavy atom. The number of fused-ring (bicyclic) bond motifs is 1. The zero-order chi connectivity index (χ0) is 14.7. The smallest absolute Gasteiger partial charge is 0.163 e. The second-order valence-electron chi connectivity index (χ2n) is 6.05. The Balaban J connectivity index is 1.76. The summed E-state index contributed by atoms with van der Waals surface area (Å²) in [5.41, 5.74) is 8.19. The van der Waals surface area contributed by atoms with E-state index in [1.807, 2.05) is 6.07 Å². The molecule has 2 N–H and O–H groups in total. The van der Waals surface area contributed by atoms with Crippen LogP contribution in [0.5, 0.6) is 11.5 Å². The van der Waals surface area contributed by atoms with Crippen LogP contribution < -0.4 is 15.2 Å². The third-order valence-corrected chi connectivity index (χ3v) is 4.67. The molecule has 21 heavy (non-hydrogen) atoms. The molecule has 0 spiro atoms. The summed E-state index contributed by atoms with van der Waals surface area (Å²) < 4.78 is 11.3. The van der Waals surface area contributed by atoms with Gasteiger partial charge in [0.15, 0.2) is 11.5 Å². The van der Waals surface area contributed by atoms with E-state index in [1.165, 1.54) is 32.1 Å². The van der Waals surface area contributed by atoms with Gasteiger partial charge in [-0.1, -0.05) is 26.2 Å². The van der Waals surface area contributed by atoms with Crippen molar-refractivity contribution in [3.63, 3.8) is 0 Å². The number of rotatable bonds is 4. The lowest BCUT2D eigenvalue weighted by Gasteiger charge is -2.34. The number of nitrogens with two attached hydrogens (primary N) is 1. The normalized spacial score (nSPS) is 19.0. The second kappa shape index (κ2) is 6.56. The monoisotopic (exact) mass is 290 g/mol. The van der Waals surface area contributed by atoms with E-state index in [0.717, 1.165) is 35.8 Å². The number of anilines is 1. The van der Waals surface area contributed by atoms with Crippen LogP contribution >= 0.6 is 0 Å². The van der Waals surface area contributed by atoms with Crippen molar-refractivity contribution in [2.45, 2.75) is 51.6 Å². The fourth-order valence-corrected chi connectivity index (χ4v) is 3.45. The van der Waals surface area contributed by atoms with Crippen LogP contribution in [0.4, 0.5) is 5.69 Å². The highest BCUT2D eigenvalue weighted by Gasteiger charge is 2.22. The SMILES string of the molecule is CCN(Cc1cc2c(cc1N)OCCO2)C1CCCCC1. The van der Waals surface area contributed by atoms with E-state index in [9.17, 15) is 0 Å². The lowest BCUT2D eigenvalue weighted by atomic mass is 9.93. The number of hydrogen-bond acceptors (Lipinski definition) is 4. The van der Waals surface area contributed by atoms with E-state index < -0.39 is 0 Å². The van der Waals surface area contributed by atoms with Gasteiger partial charge in [-0.2, -0.15) is 0 Å². The van der Waals surface area contributed by atoms with Crippen molar-refractivity contribution in [1.82, 2.24) is 4.90 Å². The van der Waals surface area contributed by atoms with Crippen LogP contribution in [0.3, 0.4) is 0 Å². The lowest BCUT2D eigenvalue weighted by Crippen LogP contribution is -2.36. The standard InChI is InChI=1S/C17H26N2O2/c1-2-19(14-6-4-3-5-7-14)12-13-10-16-17(11-15(13)18)21-9-8-20-16/h10-11,14H,2-9,12,18H2,1H3. The van der Waals surface area contributed by atoms with Crippen molar-refractivity contribution in [3.05, 3.63) is 17.7 Å². The molecular weight excluding hydrogens is 264 g/mol. The molecule has 0 amide bonds. The minimum absolute atomic E-state index is 0.606. The number of ether oxygens (including phenoxy) is 2. The van der Waals surface area contributed by atoms with Gasteiger partial charge >= 0.3 is 0 Å². The quantitative estimate of drug-likeness (QED) is 0.865. The van der Waals surface area contributed by atoms with Crippen molar-refractivity contribution in [2.75, 3.05) is 25.5 Å². The van der Waals surface area contributed by atoms with Gasteiger partial charge in [0.2, 0.25) is 0 Å². The van der Waals surface area contributed by atoms with E-state index in [4.69, 9.17) is 15.2 Å². The highest BCUT2D eigenvalue weighted by Crippen LogP contribution is 2.35. The second-order valence-corrected chi connectivity index (χ2v) is 6.05. The van der Waals surface area contributed by atoms with Gasteiger partial charge in [0.1, 0.15) is 13.2 Å². The molecule has 1 fully saturated rings. The average Bonchev–Trinajstić information content (AvgIpc) is 2.53. The first kappa shape index (κ1) is 14.5. The topological polar surface area (TPSA) is 47.7 Å². The molecule has 0 radical (unpaired) electrons. The summed E-state index contributed by atoms with van der Waals surface area (Å²) in [7, 11) is 0. The maximum absolute atomic E-state index is 6.21. The molecule has 0 atom stereocenters. The molecule has 3 rings (SSSR count). The first-order chi connectivity index (χ1) is 10.3. The van der Waals surface area contributed by atoms with Gasteiger partial charge in [-0.3, -0.25) is 4.90 Å². The van der Waals surface area contributed by atoms with E-state index in [1.54, 1.807) is 0 Å². The lowest BCUT2D eigenvalue weighted by molar-refractivity contribution is 0.154. The molecule has 0 bridgehead atoms. The van der Waals surface area contributed by atoms with Gasteiger partial charge in [0.25, 0.3) is 0 Å². The van der Waals surface area contributed by atoms with Gasteiger partial charge in [0, 0.05) is 24.3 Å². The average molecular weight is 290 g/mol. The molecule has 0 aromatic heterocycles. The van der Waals surface area contributed by atoms with E-state index in [2.05, 4.69) is 17.9 Å². The van der Waals surface area contributed by atoms with Crippen molar-refractivity contribution in [1.29, 1.82) is 0 Å². The predicted octanol–water partition coefficient (Wildman–Crippen LogP) is 3.19. The highest BCUT2D eigenvalue weighted by molar-refractivity contribution is 5.58. The molecule has 4 nitrogen and oxygen atoms in total. The van der Waals surface area contributed by atoms with Crippen LogP contribution in [-0.2, 0) is 6.54 Å². The van der Waals surface area contributed by atoms with Crippen LogP contribution in [-0.4, -0.2) is 30.7 Å². The third kappa shape index (κ3) is 3.26. The summed E-state index contributed by atoms with van der Waals surface area (Å²) >= 11 is 0. The first-order valence-corrected chi connectivity index (χ1v) is 8.20. The molecule has 1 aromatic carbocycles. The van der Waals surface area contributed by atoms with Crippen LogP contribution in [0, 0.1) is 0 Å². The first-order valence-electron chi connectivity index (χ1n) is 8.20. The summed E-state index contributed by atoms with van der Waals surface area (Å²) in [6.45, 7) is 5.44. The summed E-state index contributed by atoms with van der Waals surface area (Å²) in [4.78, 5) is 2.56. The molecule has 1 saturated carbocycles. The van der Waals surface area contributed by atoms with E-state index in [0.29, 0.717) is 19.3 Å². The molecule has 2 aliphatic rings. The van der Waals surface area contributed by atoms with Gasteiger partial charge in [0.05, 0.1) is 0 Å². The number of nitrogens with zero attached hydrogens (tertiary/aromatic N) is 1. The van der Waals surface area contributed by atoms with Crippen molar-refractivity contribution >= 4 is 5.69 Å². The van der Waals surface area contributed by atoms with Crippen molar-refractivity contribution in [3.8, 4) is 11.5 Å². The number of hydrogen-bond donors (Lipinski definition) is 1. The van der Waals surface area contributed by atoms with Crippen LogP contribution in [0.1, 0.15) is 44.6 Å². The van der Waals surface area contributed by atoms with E-state index >= 15 is 0 Å². The molecule has 1 aliphatic heterocycles. The maximum Gasteiger partial charge on any atom is 0.163 e. The van der Waals surface area contributed by atoms with Crippen molar-refractivity contribution < 1.29 is 9.47 Å². The Morgan fingerprint density at radius 1 is 1.10 bits per heavy atom. The van der Waals surface area contributed by atoms with Crippen LogP contribution in [0.15, 0.2) is 12.1 Å². The largest absolute Gasteiger partial charge is 0.486 e. The summed E-state index contributed by atoms with van der Waals surface area (Å²) in [5, 5.41) is 0. The molecule has 1 aromatic rings. The molecule has 116 valence electrons. The molecule has 0 unspecified atom stereocenters. The molecular formula is C17H26N2O2. The zero-order valence-electron chi connectivity index (χ0n) is 12.9. The Labute approximate surface area is 127 Å². The third-order valence-electron chi connectivity index (χ3n) is 4.67. The molecule has 1 aliphatic carbocycles. The Hall–Kier alpha value is -1.42. The number of nitrogen functional groups attached to an aromatic ring is 1. The highest BCUT2D eigenvalue weighted by atomic mass is 16.6. The summed E-state index contributed by atoms with van der Waals surface area (Å²) in [5.74, 6) is 1.62. The zero-order valence-corrected chi connectivity index (χ0v) is 12.9. The maximum atomic E-state index is 6.21. The fraction of sp³-hybridized carbons (Fsp3) is 0.647. The van der Waals surface area contributed by atoms with Gasteiger partial charge in [-0.15, -0.1) is 0 Å². The summed E-state index contributed by atoms with van der Waals surface area (Å²) in [6, 6.07) is 4.68.